The summed E-state index contributed by atoms with van der Waals surface area (Å²) in [5.74, 6) is 0.506. The van der Waals surface area contributed by atoms with Crippen LogP contribution in [0.15, 0.2) is 18.3 Å². The number of aromatic nitrogens is 3. The van der Waals surface area contributed by atoms with Crippen LogP contribution in [0.2, 0.25) is 0 Å². The highest BCUT2D eigenvalue weighted by atomic mass is 19.1. The number of ketones is 1. The van der Waals surface area contributed by atoms with E-state index in [1.807, 2.05) is 16.8 Å². The molecule has 4 heterocycles. The van der Waals surface area contributed by atoms with Gasteiger partial charge in [0.05, 0.1) is 19.0 Å². The topological polar surface area (TPSA) is 108 Å². The van der Waals surface area contributed by atoms with Gasteiger partial charge in [0.25, 0.3) is 5.91 Å². The van der Waals surface area contributed by atoms with Gasteiger partial charge in [0.1, 0.15) is 11.5 Å². The Morgan fingerprint density at radius 2 is 1.90 bits per heavy atom. The van der Waals surface area contributed by atoms with Crippen LogP contribution in [0.25, 0.3) is 11.3 Å². The molecule has 2 aromatic rings. The number of rotatable bonds is 6. The van der Waals surface area contributed by atoms with Gasteiger partial charge in [-0.05, 0) is 69.8 Å². The van der Waals surface area contributed by atoms with E-state index < -0.39 is 5.82 Å². The summed E-state index contributed by atoms with van der Waals surface area (Å²) in [6.45, 7) is 0.529. The molecule has 208 valence electrons. The molecule has 2 saturated heterocycles. The lowest BCUT2D eigenvalue weighted by Crippen LogP contribution is -2.49. The number of halogens is 1. The Balaban J connectivity index is 1.07. The first-order chi connectivity index (χ1) is 18.7. The SMILES string of the molecule is COc1cc(-c2cc(C(=O)N3CC[C@@H](C(=O)CC4CCC5(CCC(=O)N5C)CC4)CC34CC4)[nH]n2)c(F)cn1. The lowest BCUT2D eigenvalue weighted by atomic mass is 9.72. The number of Topliss-reactive ketones (excluding diaryl/α,β-unsaturated/α-hetero) is 1. The third-order valence-corrected chi connectivity index (χ3v) is 9.97. The molecule has 10 heteroatoms. The number of ether oxygens (including phenoxy) is 1. The Kier molecular flexibility index (Phi) is 6.46. The van der Waals surface area contributed by atoms with Crippen molar-refractivity contribution in [1.82, 2.24) is 25.0 Å². The predicted molar refractivity (Wildman–Crippen MR) is 140 cm³/mol. The first-order valence-corrected chi connectivity index (χ1v) is 14.1. The maximum Gasteiger partial charge on any atom is 0.272 e. The summed E-state index contributed by atoms with van der Waals surface area (Å²) in [5.41, 5.74) is 0.580. The molecule has 1 N–H and O–H groups in total. The summed E-state index contributed by atoms with van der Waals surface area (Å²) in [5, 5.41) is 6.96. The van der Waals surface area contributed by atoms with Crippen molar-refractivity contribution in [2.45, 2.75) is 81.7 Å². The number of methoxy groups -OCH3 is 1. The minimum atomic E-state index is -0.545. The van der Waals surface area contributed by atoms with Crippen molar-refractivity contribution >= 4 is 17.6 Å². The van der Waals surface area contributed by atoms with E-state index in [1.165, 1.54) is 13.2 Å². The van der Waals surface area contributed by atoms with Crippen LogP contribution in [0.3, 0.4) is 0 Å². The second kappa shape index (κ2) is 9.71. The van der Waals surface area contributed by atoms with E-state index in [4.69, 9.17) is 4.74 Å². The number of H-pyrrole nitrogens is 1. The van der Waals surface area contributed by atoms with E-state index in [2.05, 4.69) is 15.2 Å². The molecular formula is C29H36FN5O4. The van der Waals surface area contributed by atoms with Crippen molar-refractivity contribution in [3.05, 3.63) is 29.8 Å². The molecular weight excluding hydrogens is 501 g/mol. The number of nitrogens with zero attached hydrogens (tertiary/aromatic N) is 4. The fourth-order valence-electron chi connectivity index (χ4n) is 7.24. The van der Waals surface area contributed by atoms with E-state index in [9.17, 15) is 18.8 Å². The lowest BCUT2D eigenvalue weighted by Gasteiger charge is -2.43. The van der Waals surface area contributed by atoms with Gasteiger partial charge in [-0.2, -0.15) is 5.10 Å². The smallest absolute Gasteiger partial charge is 0.272 e. The molecule has 2 saturated carbocycles. The minimum absolute atomic E-state index is 0.0149. The average Bonchev–Trinajstić information content (AvgIpc) is 3.42. The molecule has 9 nitrogen and oxygen atoms in total. The van der Waals surface area contributed by atoms with E-state index >= 15 is 0 Å². The summed E-state index contributed by atoms with van der Waals surface area (Å²) in [7, 11) is 3.39. The fraction of sp³-hybridized carbons (Fsp3) is 0.621. The Hall–Kier alpha value is -3.30. The van der Waals surface area contributed by atoms with Crippen molar-refractivity contribution in [3.63, 3.8) is 0 Å². The molecule has 39 heavy (non-hydrogen) atoms. The van der Waals surface area contributed by atoms with Gasteiger partial charge < -0.3 is 14.5 Å². The molecule has 2 aromatic heterocycles. The van der Waals surface area contributed by atoms with Crippen molar-refractivity contribution < 1.29 is 23.5 Å². The second-order valence-electron chi connectivity index (χ2n) is 12.0. The summed E-state index contributed by atoms with van der Waals surface area (Å²) in [6, 6.07) is 3.02. The second-order valence-corrected chi connectivity index (χ2v) is 12.0. The lowest BCUT2D eigenvalue weighted by molar-refractivity contribution is -0.131. The number of hydrogen-bond donors (Lipinski definition) is 1. The number of hydrogen-bond acceptors (Lipinski definition) is 6. The number of aromatic amines is 1. The molecule has 0 bridgehead atoms. The van der Waals surface area contributed by atoms with Gasteiger partial charge in [-0.1, -0.05) is 0 Å². The molecule has 2 aliphatic carbocycles. The van der Waals surface area contributed by atoms with E-state index in [-0.39, 0.29) is 40.3 Å². The molecule has 0 unspecified atom stereocenters. The van der Waals surface area contributed by atoms with Gasteiger partial charge in [0.2, 0.25) is 11.8 Å². The van der Waals surface area contributed by atoms with Gasteiger partial charge in [-0.3, -0.25) is 19.5 Å². The Labute approximate surface area is 227 Å². The quantitative estimate of drug-likeness (QED) is 0.593. The summed E-state index contributed by atoms with van der Waals surface area (Å²) >= 11 is 0. The highest BCUT2D eigenvalue weighted by Crippen LogP contribution is 2.51. The zero-order valence-electron chi connectivity index (χ0n) is 22.7. The number of piperidine rings is 1. The molecule has 0 aromatic carbocycles. The monoisotopic (exact) mass is 537 g/mol. The number of likely N-dealkylation sites (tertiary alicyclic amines) is 2. The largest absolute Gasteiger partial charge is 0.481 e. The van der Waals surface area contributed by atoms with Gasteiger partial charge in [0, 0.05) is 55.1 Å². The summed E-state index contributed by atoms with van der Waals surface area (Å²) < 4.78 is 19.5. The van der Waals surface area contributed by atoms with Crippen LogP contribution in [-0.2, 0) is 9.59 Å². The maximum absolute atomic E-state index is 14.4. The van der Waals surface area contributed by atoms with E-state index in [0.717, 1.165) is 51.1 Å². The third kappa shape index (κ3) is 4.61. The highest BCUT2D eigenvalue weighted by molar-refractivity contribution is 5.94. The number of nitrogens with one attached hydrogen (secondary N) is 1. The Morgan fingerprint density at radius 3 is 2.56 bits per heavy atom. The third-order valence-electron chi connectivity index (χ3n) is 9.97. The normalized spacial score (nSPS) is 27.8. The standard InChI is InChI=1S/C29H36FN5O4/c1-34-26(37)5-9-28(34)7-3-18(4-8-28)13-24(36)19-6-12-35(29(16-19)10-11-29)27(38)23-15-22(32-33-23)20-14-25(39-2)31-17-21(20)30/h14-15,17-19H,3-13,16H2,1-2H3,(H,32,33)/t18?,19-,28?/m1/s1. The number of amides is 2. The highest BCUT2D eigenvalue weighted by Gasteiger charge is 2.55. The molecule has 0 radical (unpaired) electrons. The van der Waals surface area contributed by atoms with Crippen molar-refractivity contribution in [3.8, 4) is 17.1 Å². The maximum atomic E-state index is 14.4. The Morgan fingerprint density at radius 1 is 1.13 bits per heavy atom. The number of carbonyl (C=O) groups is 3. The zero-order chi connectivity index (χ0) is 27.4. The molecule has 2 spiro atoms. The zero-order valence-corrected chi connectivity index (χ0v) is 22.7. The van der Waals surface area contributed by atoms with E-state index in [1.54, 1.807) is 6.07 Å². The molecule has 1 atom stereocenters. The predicted octanol–water partition coefficient (Wildman–Crippen LogP) is 4.14. The van der Waals surface area contributed by atoms with Crippen LogP contribution in [0.5, 0.6) is 5.88 Å². The van der Waals surface area contributed by atoms with Crippen LogP contribution in [0, 0.1) is 17.7 Å². The minimum Gasteiger partial charge on any atom is -0.481 e. The van der Waals surface area contributed by atoms with Gasteiger partial charge >= 0.3 is 0 Å². The number of pyridine rings is 1. The Bertz CT molecular complexity index is 1300. The summed E-state index contributed by atoms with van der Waals surface area (Å²) in [6.07, 6.45) is 10.4. The van der Waals surface area contributed by atoms with Crippen LogP contribution in [-0.4, -0.2) is 74.4 Å². The van der Waals surface area contributed by atoms with Crippen molar-refractivity contribution in [2.24, 2.45) is 11.8 Å². The van der Waals surface area contributed by atoms with Crippen LogP contribution in [0.4, 0.5) is 4.39 Å². The van der Waals surface area contributed by atoms with Crippen LogP contribution >= 0.6 is 0 Å². The van der Waals surface area contributed by atoms with Gasteiger partial charge in [-0.15, -0.1) is 0 Å². The first kappa shape index (κ1) is 26.0. The van der Waals surface area contributed by atoms with E-state index in [0.29, 0.717) is 55.3 Å². The number of carbonyl (C=O) groups excluding carboxylic acids is 3. The first-order valence-electron chi connectivity index (χ1n) is 14.1. The molecule has 6 rings (SSSR count). The molecule has 2 amide bonds. The van der Waals surface area contributed by atoms with Gasteiger partial charge in [-0.25, -0.2) is 9.37 Å². The molecule has 4 fully saturated rings. The van der Waals surface area contributed by atoms with Crippen molar-refractivity contribution in [1.29, 1.82) is 0 Å². The van der Waals surface area contributed by atoms with Gasteiger partial charge in [0.15, 0.2) is 5.82 Å². The van der Waals surface area contributed by atoms with Crippen LogP contribution < -0.4 is 4.74 Å². The van der Waals surface area contributed by atoms with Crippen LogP contribution in [0.1, 0.15) is 81.1 Å². The average molecular weight is 538 g/mol. The molecule has 4 aliphatic rings. The molecule has 2 aliphatic heterocycles. The van der Waals surface area contributed by atoms with Crippen molar-refractivity contribution in [2.75, 3.05) is 20.7 Å². The fourth-order valence-corrected chi connectivity index (χ4v) is 7.24. The summed E-state index contributed by atoms with van der Waals surface area (Å²) in [4.78, 5) is 46.6.